The molecule has 0 amide bonds. The molecule has 1 aromatic carbocycles. The van der Waals surface area contributed by atoms with Crippen LogP contribution < -0.4 is 5.73 Å². The van der Waals surface area contributed by atoms with Crippen molar-refractivity contribution in [2.24, 2.45) is 5.73 Å². The molecule has 5 nitrogen and oxygen atoms in total. The third kappa shape index (κ3) is 2.41. The molecule has 1 atom stereocenters. The van der Waals surface area contributed by atoms with Gasteiger partial charge in [-0.15, -0.1) is 0 Å². The molecule has 0 spiro atoms. The molecule has 2 aromatic heterocycles. The Hall–Kier alpha value is -2.24. The van der Waals surface area contributed by atoms with Crippen molar-refractivity contribution in [3.63, 3.8) is 0 Å². The summed E-state index contributed by atoms with van der Waals surface area (Å²) >= 11 is 0. The lowest BCUT2D eigenvalue weighted by Crippen LogP contribution is -2.46. The molecule has 0 aliphatic rings. The first-order chi connectivity index (χ1) is 10.1. The van der Waals surface area contributed by atoms with Gasteiger partial charge in [0, 0.05) is 18.3 Å². The first-order valence-corrected chi connectivity index (χ1v) is 6.88. The first kappa shape index (κ1) is 13.7. The number of H-pyrrole nitrogens is 1. The summed E-state index contributed by atoms with van der Waals surface area (Å²) in [5, 5.41) is 0. The molecule has 108 valence electrons. The van der Waals surface area contributed by atoms with E-state index in [9.17, 15) is 0 Å². The number of nitrogens with zero attached hydrogens (tertiary/aromatic N) is 3. The second-order valence-corrected chi connectivity index (χ2v) is 5.56. The Labute approximate surface area is 123 Å². The second-order valence-electron chi connectivity index (χ2n) is 5.56. The molecule has 0 fully saturated rings. The van der Waals surface area contributed by atoms with Gasteiger partial charge in [0.25, 0.3) is 0 Å². The highest BCUT2D eigenvalue weighted by Gasteiger charge is 2.32. The molecule has 1 unspecified atom stereocenters. The lowest BCUT2D eigenvalue weighted by atomic mass is 9.83. The van der Waals surface area contributed by atoms with E-state index in [2.05, 4.69) is 32.0 Å². The zero-order valence-corrected chi connectivity index (χ0v) is 12.2. The number of benzene rings is 1. The van der Waals surface area contributed by atoms with E-state index in [0.29, 0.717) is 6.54 Å². The highest BCUT2D eigenvalue weighted by Crippen LogP contribution is 2.31. The highest BCUT2D eigenvalue weighted by atomic mass is 15.1. The lowest BCUT2D eigenvalue weighted by Gasteiger charge is -2.33. The van der Waals surface area contributed by atoms with Crippen LogP contribution in [0.3, 0.4) is 0 Å². The first-order valence-electron chi connectivity index (χ1n) is 6.88. The number of imidazole rings is 1. The van der Waals surface area contributed by atoms with E-state index in [-0.39, 0.29) is 0 Å². The minimum Gasteiger partial charge on any atom is -0.344 e. The number of hydrogen-bond acceptors (Lipinski definition) is 4. The van der Waals surface area contributed by atoms with Gasteiger partial charge in [0.2, 0.25) is 0 Å². The van der Waals surface area contributed by atoms with E-state index in [4.69, 9.17) is 5.73 Å². The number of pyridine rings is 1. The molecule has 5 heteroatoms. The molecule has 0 saturated heterocycles. The predicted octanol–water partition coefficient (Wildman–Crippen LogP) is 1.72. The van der Waals surface area contributed by atoms with E-state index in [1.54, 1.807) is 12.5 Å². The zero-order valence-electron chi connectivity index (χ0n) is 12.2. The maximum atomic E-state index is 6.84. The fraction of sp³-hybridized carbons (Fsp3) is 0.250. The van der Waals surface area contributed by atoms with Crippen LogP contribution in [0.25, 0.3) is 11.0 Å². The van der Waals surface area contributed by atoms with Crippen LogP contribution in [-0.4, -0.2) is 40.5 Å². The van der Waals surface area contributed by atoms with Gasteiger partial charge in [-0.25, -0.2) is 4.98 Å². The number of nitrogens with one attached hydrogen (secondary N) is 1. The van der Waals surface area contributed by atoms with Crippen LogP contribution in [-0.2, 0) is 5.54 Å². The van der Waals surface area contributed by atoms with Gasteiger partial charge in [-0.1, -0.05) is 30.3 Å². The number of likely N-dealkylation sites (N-methyl/N-ethyl adjacent to an activating group) is 1. The topological polar surface area (TPSA) is 70.8 Å². The van der Waals surface area contributed by atoms with Gasteiger partial charge in [0.05, 0.1) is 23.6 Å². The van der Waals surface area contributed by atoms with Crippen LogP contribution in [0.5, 0.6) is 0 Å². The quantitative estimate of drug-likeness (QED) is 0.764. The van der Waals surface area contributed by atoms with Crippen molar-refractivity contribution >= 4 is 11.0 Å². The van der Waals surface area contributed by atoms with E-state index >= 15 is 0 Å². The third-order valence-corrected chi connectivity index (χ3v) is 3.67. The van der Waals surface area contributed by atoms with Crippen LogP contribution in [0.2, 0.25) is 0 Å². The van der Waals surface area contributed by atoms with Crippen molar-refractivity contribution in [3.05, 3.63) is 60.2 Å². The van der Waals surface area contributed by atoms with Crippen molar-refractivity contribution < 1.29 is 0 Å². The van der Waals surface area contributed by atoms with Crippen LogP contribution in [0.15, 0.2) is 49.1 Å². The van der Waals surface area contributed by atoms with Crippen molar-refractivity contribution in [2.45, 2.75) is 5.54 Å². The summed E-state index contributed by atoms with van der Waals surface area (Å²) in [4.78, 5) is 13.9. The van der Waals surface area contributed by atoms with Crippen LogP contribution >= 0.6 is 0 Å². The molecule has 0 saturated carbocycles. The normalized spacial score (nSPS) is 14.5. The van der Waals surface area contributed by atoms with Crippen molar-refractivity contribution in [2.75, 3.05) is 20.6 Å². The zero-order chi connectivity index (χ0) is 14.9. The van der Waals surface area contributed by atoms with E-state index < -0.39 is 5.54 Å². The number of fused-ring (bicyclic) bond motifs is 1. The third-order valence-electron chi connectivity index (χ3n) is 3.67. The Morgan fingerprint density at radius 1 is 1.19 bits per heavy atom. The fourth-order valence-corrected chi connectivity index (χ4v) is 2.77. The summed E-state index contributed by atoms with van der Waals surface area (Å²) in [5.41, 5.74) is 9.98. The lowest BCUT2D eigenvalue weighted by molar-refractivity contribution is 0.322. The molecular formula is C16H19N5. The molecular weight excluding hydrogens is 262 g/mol. The Morgan fingerprint density at radius 2 is 1.95 bits per heavy atom. The van der Waals surface area contributed by atoms with E-state index in [1.165, 1.54) is 0 Å². The molecule has 0 bridgehead atoms. The fourth-order valence-electron chi connectivity index (χ4n) is 2.77. The maximum absolute atomic E-state index is 6.84. The number of rotatable bonds is 4. The van der Waals surface area contributed by atoms with Crippen LogP contribution in [0.4, 0.5) is 0 Å². The van der Waals surface area contributed by atoms with Gasteiger partial charge in [-0.3, -0.25) is 4.98 Å². The Kier molecular flexibility index (Phi) is 3.45. The maximum Gasteiger partial charge on any atom is 0.107 e. The second kappa shape index (κ2) is 5.27. The summed E-state index contributed by atoms with van der Waals surface area (Å²) in [6.07, 6.45) is 5.25. The summed E-state index contributed by atoms with van der Waals surface area (Å²) in [5.74, 6) is 0. The highest BCUT2D eigenvalue weighted by molar-refractivity contribution is 5.79. The molecule has 3 rings (SSSR count). The molecule has 21 heavy (non-hydrogen) atoms. The molecule has 2 heterocycles. The minimum absolute atomic E-state index is 0.649. The predicted molar refractivity (Wildman–Crippen MR) is 83.9 cm³/mol. The Morgan fingerprint density at radius 3 is 2.67 bits per heavy atom. The monoisotopic (exact) mass is 281 g/mol. The molecule has 3 aromatic rings. The Bertz CT molecular complexity index is 735. The van der Waals surface area contributed by atoms with Crippen LogP contribution in [0, 0.1) is 0 Å². The van der Waals surface area contributed by atoms with Crippen LogP contribution in [0.1, 0.15) is 11.1 Å². The van der Waals surface area contributed by atoms with Gasteiger partial charge in [0.15, 0.2) is 0 Å². The summed E-state index contributed by atoms with van der Waals surface area (Å²) in [6.45, 7) is 0.677. The smallest absolute Gasteiger partial charge is 0.107 e. The van der Waals surface area contributed by atoms with Crippen molar-refractivity contribution in [1.29, 1.82) is 0 Å². The molecule has 0 aliphatic heterocycles. The van der Waals surface area contributed by atoms with Gasteiger partial charge in [0.1, 0.15) is 5.52 Å². The minimum atomic E-state index is -0.649. The summed E-state index contributed by atoms with van der Waals surface area (Å²) < 4.78 is 0. The number of hydrogen-bond donors (Lipinski definition) is 2. The number of nitrogens with two attached hydrogens (primary N) is 1. The van der Waals surface area contributed by atoms with Gasteiger partial charge >= 0.3 is 0 Å². The number of aromatic amines is 1. The number of aromatic nitrogens is 3. The molecule has 0 radical (unpaired) electrons. The largest absolute Gasteiger partial charge is 0.344 e. The van der Waals surface area contributed by atoms with E-state index in [0.717, 1.165) is 22.2 Å². The van der Waals surface area contributed by atoms with Crippen molar-refractivity contribution in [3.8, 4) is 0 Å². The average molecular weight is 281 g/mol. The Balaban J connectivity index is 2.22. The van der Waals surface area contributed by atoms with E-state index in [1.807, 2.05) is 38.5 Å². The average Bonchev–Trinajstić information content (AvgIpc) is 2.95. The molecule has 0 aliphatic carbocycles. The van der Waals surface area contributed by atoms with Gasteiger partial charge in [-0.2, -0.15) is 0 Å². The van der Waals surface area contributed by atoms with Gasteiger partial charge < -0.3 is 15.6 Å². The van der Waals surface area contributed by atoms with Gasteiger partial charge in [-0.05, 0) is 19.7 Å². The van der Waals surface area contributed by atoms with Crippen molar-refractivity contribution in [1.82, 2.24) is 19.9 Å². The summed E-state index contributed by atoms with van der Waals surface area (Å²) in [7, 11) is 4.04. The standard InChI is InChI=1S/C16H19N5/c1-21(2)10-16(17,12-6-4-3-5-7-12)13-8-18-9-14-15(13)20-11-19-14/h3-9,11H,10,17H2,1-2H3,(H,19,20). The molecule has 3 N–H and O–H groups in total. The SMILES string of the molecule is CN(C)CC(N)(c1ccccc1)c1cncc2nc[nH]c12. The summed E-state index contributed by atoms with van der Waals surface area (Å²) in [6, 6.07) is 10.1.